The van der Waals surface area contributed by atoms with E-state index in [2.05, 4.69) is 9.80 Å². The van der Waals surface area contributed by atoms with Gasteiger partial charge in [0.15, 0.2) is 0 Å². The third-order valence-corrected chi connectivity index (χ3v) is 3.06. The molecule has 0 unspecified atom stereocenters. The summed E-state index contributed by atoms with van der Waals surface area (Å²) in [6, 6.07) is 5.66. The number of likely N-dealkylation sites (N-methyl/N-ethyl adjacent to an activating group) is 2. The van der Waals surface area contributed by atoms with Gasteiger partial charge in [0.1, 0.15) is 4.99 Å². The molecule has 0 fully saturated rings. The summed E-state index contributed by atoms with van der Waals surface area (Å²) < 4.78 is 0. The van der Waals surface area contributed by atoms with Crippen molar-refractivity contribution in [2.75, 3.05) is 39.1 Å². The second-order valence-electron chi connectivity index (χ2n) is 4.26. The van der Waals surface area contributed by atoms with E-state index in [0.717, 1.165) is 24.3 Å². The number of anilines is 1. The summed E-state index contributed by atoms with van der Waals surface area (Å²) in [6.07, 6.45) is 0. The average molecular weight is 272 g/mol. The van der Waals surface area contributed by atoms with Crippen LogP contribution in [0, 0.1) is 0 Å². The van der Waals surface area contributed by atoms with Crippen LogP contribution < -0.4 is 10.6 Å². The monoisotopic (exact) mass is 271 g/mol. The normalized spacial score (nSPS) is 10.6. The van der Waals surface area contributed by atoms with Crippen molar-refractivity contribution in [1.29, 1.82) is 0 Å². The van der Waals surface area contributed by atoms with Gasteiger partial charge in [-0.05, 0) is 32.3 Å². The van der Waals surface area contributed by atoms with Crippen molar-refractivity contribution < 1.29 is 0 Å². The number of nitrogens with two attached hydrogens (primary N) is 1. The fraction of sp³-hybridized carbons (Fsp3) is 0.417. The molecule has 94 valence electrons. The molecule has 1 rings (SSSR count). The molecule has 0 aliphatic carbocycles. The van der Waals surface area contributed by atoms with Crippen LogP contribution in [-0.4, -0.2) is 44.1 Å². The Morgan fingerprint density at radius 2 is 1.94 bits per heavy atom. The first-order chi connectivity index (χ1) is 7.91. The molecule has 2 N–H and O–H groups in total. The van der Waals surface area contributed by atoms with E-state index in [9.17, 15) is 0 Å². The lowest BCUT2D eigenvalue weighted by Crippen LogP contribution is -2.28. The van der Waals surface area contributed by atoms with Gasteiger partial charge in [-0.3, -0.25) is 0 Å². The zero-order valence-corrected chi connectivity index (χ0v) is 12.0. The molecule has 1 aromatic rings. The van der Waals surface area contributed by atoms with Crippen molar-refractivity contribution in [2.24, 2.45) is 5.73 Å². The highest BCUT2D eigenvalue weighted by atomic mass is 35.5. The highest BCUT2D eigenvalue weighted by Crippen LogP contribution is 2.25. The van der Waals surface area contributed by atoms with E-state index in [1.165, 1.54) is 0 Å². The molecule has 1 aromatic carbocycles. The first-order valence-corrected chi connectivity index (χ1v) is 6.15. The molecule has 0 amide bonds. The quantitative estimate of drug-likeness (QED) is 0.830. The second-order valence-corrected chi connectivity index (χ2v) is 5.10. The molecule has 0 aromatic heterocycles. The van der Waals surface area contributed by atoms with Gasteiger partial charge in [-0.1, -0.05) is 23.8 Å². The number of hydrogen-bond acceptors (Lipinski definition) is 3. The number of benzene rings is 1. The lowest BCUT2D eigenvalue weighted by atomic mass is 10.2. The average Bonchev–Trinajstić information content (AvgIpc) is 2.25. The van der Waals surface area contributed by atoms with Gasteiger partial charge in [-0.25, -0.2) is 0 Å². The predicted octanol–water partition coefficient (Wildman–Crippen LogP) is 1.97. The summed E-state index contributed by atoms with van der Waals surface area (Å²) in [5.41, 5.74) is 7.35. The number of thiocarbonyl (C=S) groups is 1. The lowest BCUT2D eigenvalue weighted by molar-refractivity contribution is 0.416. The van der Waals surface area contributed by atoms with Crippen LogP contribution in [0.4, 0.5) is 5.69 Å². The van der Waals surface area contributed by atoms with Gasteiger partial charge in [0.25, 0.3) is 0 Å². The molecular formula is C12H18ClN3S. The third-order valence-electron chi connectivity index (χ3n) is 2.53. The standard InChI is InChI=1S/C12H18ClN3S/c1-15(2)6-7-16(3)11-5-4-9(12(14)17)8-10(11)13/h4-5,8H,6-7H2,1-3H3,(H2,14,17). The van der Waals surface area contributed by atoms with Crippen molar-refractivity contribution in [2.45, 2.75) is 0 Å². The summed E-state index contributed by atoms with van der Waals surface area (Å²) in [5, 5.41) is 0.677. The van der Waals surface area contributed by atoms with E-state index in [1.807, 2.05) is 39.3 Å². The minimum absolute atomic E-state index is 0.370. The van der Waals surface area contributed by atoms with Gasteiger partial charge in [-0.15, -0.1) is 0 Å². The van der Waals surface area contributed by atoms with Crippen molar-refractivity contribution >= 4 is 34.5 Å². The Balaban J connectivity index is 2.81. The third kappa shape index (κ3) is 4.15. The zero-order valence-electron chi connectivity index (χ0n) is 10.4. The fourth-order valence-corrected chi connectivity index (χ4v) is 1.89. The first-order valence-electron chi connectivity index (χ1n) is 5.37. The number of hydrogen-bond donors (Lipinski definition) is 1. The molecule has 0 saturated carbocycles. The summed E-state index contributed by atoms with van der Waals surface area (Å²) in [6.45, 7) is 1.89. The van der Waals surface area contributed by atoms with E-state index in [1.54, 1.807) is 0 Å². The van der Waals surface area contributed by atoms with Gasteiger partial charge in [0.2, 0.25) is 0 Å². The Bertz CT molecular complexity index is 407. The molecule has 5 heteroatoms. The topological polar surface area (TPSA) is 32.5 Å². The molecule has 0 saturated heterocycles. The second kappa shape index (κ2) is 6.19. The Kier molecular flexibility index (Phi) is 5.18. The van der Waals surface area contributed by atoms with Crippen LogP contribution in [0.15, 0.2) is 18.2 Å². The maximum Gasteiger partial charge on any atom is 0.104 e. The first kappa shape index (κ1) is 14.2. The minimum atomic E-state index is 0.370. The maximum absolute atomic E-state index is 6.21. The number of halogens is 1. The Hall–Kier alpha value is -0.840. The van der Waals surface area contributed by atoms with Gasteiger partial charge in [-0.2, -0.15) is 0 Å². The summed E-state index contributed by atoms with van der Waals surface area (Å²) in [5.74, 6) is 0. The van der Waals surface area contributed by atoms with E-state index < -0.39 is 0 Å². The van der Waals surface area contributed by atoms with Crippen LogP contribution in [0.5, 0.6) is 0 Å². The highest BCUT2D eigenvalue weighted by Gasteiger charge is 2.08. The van der Waals surface area contributed by atoms with E-state index in [4.69, 9.17) is 29.6 Å². The molecule has 0 radical (unpaired) electrons. The van der Waals surface area contributed by atoms with Crippen molar-refractivity contribution in [1.82, 2.24) is 4.90 Å². The summed E-state index contributed by atoms with van der Waals surface area (Å²) in [4.78, 5) is 4.62. The van der Waals surface area contributed by atoms with E-state index in [0.29, 0.717) is 10.0 Å². The van der Waals surface area contributed by atoms with Crippen LogP contribution >= 0.6 is 23.8 Å². The molecule has 0 aliphatic rings. The van der Waals surface area contributed by atoms with Gasteiger partial charge in [0, 0.05) is 25.7 Å². The Morgan fingerprint density at radius 1 is 1.29 bits per heavy atom. The van der Waals surface area contributed by atoms with E-state index in [-0.39, 0.29) is 0 Å². The number of rotatable bonds is 5. The molecule has 3 nitrogen and oxygen atoms in total. The smallest absolute Gasteiger partial charge is 0.104 e. The SMILES string of the molecule is CN(C)CCN(C)c1ccc(C(N)=S)cc1Cl. The summed E-state index contributed by atoms with van der Waals surface area (Å²) in [7, 11) is 6.11. The Morgan fingerprint density at radius 3 is 2.41 bits per heavy atom. The van der Waals surface area contributed by atoms with Gasteiger partial charge >= 0.3 is 0 Å². The molecule has 0 spiro atoms. The van der Waals surface area contributed by atoms with Crippen molar-refractivity contribution in [3.8, 4) is 0 Å². The molecule has 0 atom stereocenters. The van der Waals surface area contributed by atoms with Crippen LogP contribution in [0.3, 0.4) is 0 Å². The fourth-order valence-electron chi connectivity index (χ4n) is 1.44. The van der Waals surface area contributed by atoms with Crippen molar-refractivity contribution in [3.05, 3.63) is 28.8 Å². The molecular weight excluding hydrogens is 254 g/mol. The number of nitrogens with zero attached hydrogens (tertiary/aromatic N) is 2. The molecule has 17 heavy (non-hydrogen) atoms. The predicted molar refractivity (Wildman–Crippen MR) is 79.2 cm³/mol. The summed E-state index contributed by atoms with van der Waals surface area (Å²) >= 11 is 11.1. The zero-order chi connectivity index (χ0) is 13.0. The highest BCUT2D eigenvalue weighted by molar-refractivity contribution is 7.80. The molecule has 0 bridgehead atoms. The molecule has 0 heterocycles. The lowest BCUT2D eigenvalue weighted by Gasteiger charge is -2.22. The van der Waals surface area contributed by atoms with Crippen LogP contribution in [-0.2, 0) is 0 Å². The van der Waals surface area contributed by atoms with Crippen LogP contribution in [0.25, 0.3) is 0 Å². The van der Waals surface area contributed by atoms with Gasteiger partial charge < -0.3 is 15.5 Å². The minimum Gasteiger partial charge on any atom is -0.389 e. The van der Waals surface area contributed by atoms with Crippen LogP contribution in [0.2, 0.25) is 5.02 Å². The molecule has 0 aliphatic heterocycles. The van der Waals surface area contributed by atoms with Crippen molar-refractivity contribution in [3.63, 3.8) is 0 Å². The maximum atomic E-state index is 6.21. The van der Waals surface area contributed by atoms with Crippen LogP contribution in [0.1, 0.15) is 5.56 Å². The van der Waals surface area contributed by atoms with E-state index >= 15 is 0 Å². The van der Waals surface area contributed by atoms with Gasteiger partial charge in [0.05, 0.1) is 10.7 Å². The Labute approximate surface area is 113 Å². The largest absolute Gasteiger partial charge is 0.389 e.